The molecule has 1 heterocycles. The molecule has 0 aliphatic heterocycles. The first kappa shape index (κ1) is 14.1. The normalized spacial score (nSPS) is 9.94. The van der Waals surface area contributed by atoms with E-state index in [0.29, 0.717) is 11.1 Å². The minimum absolute atomic E-state index is 0. The number of methoxy groups -OCH3 is 1. The van der Waals surface area contributed by atoms with Crippen LogP contribution in [0, 0.1) is 0 Å². The number of fused-ring (bicyclic) bond motifs is 1. The van der Waals surface area contributed by atoms with Gasteiger partial charge in [0.15, 0.2) is 12.2 Å². The molecule has 2 rings (SSSR count). The minimum atomic E-state index is -0.665. The average Bonchev–Trinajstić information content (AvgIpc) is 2.25. The van der Waals surface area contributed by atoms with Crippen LogP contribution in [0.15, 0.2) is 33.5 Å². The second-order valence-corrected chi connectivity index (χ2v) is 3.14. The Morgan fingerprint density at radius 1 is 1.35 bits per heavy atom. The van der Waals surface area contributed by atoms with Gasteiger partial charge in [-0.25, -0.2) is 0 Å². The summed E-state index contributed by atoms with van der Waals surface area (Å²) >= 11 is 0. The van der Waals surface area contributed by atoms with E-state index in [4.69, 9.17) is 13.9 Å². The zero-order valence-corrected chi connectivity index (χ0v) is 11.6. The van der Waals surface area contributed by atoms with Gasteiger partial charge >= 0.3 is 29.6 Å². The van der Waals surface area contributed by atoms with Crippen LogP contribution in [0.5, 0.6) is 11.7 Å². The van der Waals surface area contributed by atoms with E-state index in [-0.39, 0.29) is 47.4 Å². The SMILES string of the molecule is COCOc1ccc2c(=O)cc([O-])oc2c1.[Na+]. The van der Waals surface area contributed by atoms with Crippen molar-refractivity contribution >= 4 is 11.0 Å². The second-order valence-electron chi connectivity index (χ2n) is 3.14. The first-order valence-electron chi connectivity index (χ1n) is 4.57. The van der Waals surface area contributed by atoms with Crippen LogP contribution in [-0.4, -0.2) is 13.9 Å². The molecule has 0 spiro atoms. The van der Waals surface area contributed by atoms with Crippen LogP contribution < -0.4 is 44.8 Å². The Kier molecular flexibility index (Phi) is 5.02. The van der Waals surface area contributed by atoms with Crippen LogP contribution >= 0.6 is 0 Å². The number of benzene rings is 1. The quantitative estimate of drug-likeness (QED) is 0.455. The Labute approximate surface area is 119 Å². The molecule has 0 atom stereocenters. The maximum atomic E-state index is 11.4. The van der Waals surface area contributed by atoms with Gasteiger partial charge in [-0.05, 0) is 18.2 Å². The molecule has 5 nitrogen and oxygen atoms in total. The van der Waals surface area contributed by atoms with Gasteiger partial charge in [-0.15, -0.1) is 0 Å². The van der Waals surface area contributed by atoms with Gasteiger partial charge in [-0.2, -0.15) is 0 Å². The summed E-state index contributed by atoms with van der Waals surface area (Å²) in [5.74, 6) is -0.190. The summed E-state index contributed by atoms with van der Waals surface area (Å²) in [6, 6.07) is 5.56. The molecule has 1 aromatic heterocycles. The first-order chi connectivity index (χ1) is 7.70. The standard InChI is InChI=1S/C11H10O5.Na/c1-14-6-15-7-2-3-8-9(12)5-11(13)16-10(8)4-7;/h2-5,13H,6H2,1H3;/q;+1/p-1. The van der Waals surface area contributed by atoms with Crippen molar-refractivity contribution in [3.63, 3.8) is 0 Å². The molecule has 2 aromatic rings. The van der Waals surface area contributed by atoms with Crippen molar-refractivity contribution in [2.75, 3.05) is 13.9 Å². The fourth-order valence-corrected chi connectivity index (χ4v) is 1.33. The maximum Gasteiger partial charge on any atom is 1.00 e. The molecule has 84 valence electrons. The summed E-state index contributed by atoms with van der Waals surface area (Å²) in [7, 11) is 1.50. The zero-order valence-electron chi connectivity index (χ0n) is 9.56. The van der Waals surface area contributed by atoms with Crippen LogP contribution in [0.1, 0.15) is 0 Å². The molecule has 0 saturated heterocycles. The first-order valence-corrected chi connectivity index (χ1v) is 4.57. The van der Waals surface area contributed by atoms with Gasteiger partial charge in [0.1, 0.15) is 5.75 Å². The molecule has 0 aliphatic rings. The van der Waals surface area contributed by atoms with Gasteiger partial charge < -0.3 is 19.0 Å². The molecule has 1 aromatic carbocycles. The molecule has 0 amide bonds. The molecule has 0 N–H and O–H groups in total. The fraction of sp³-hybridized carbons (Fsp3) is 0.182. The van der Waals surface area contributed by atoms with Gasteiger partial charge in [0.2, 0.25) is 0 Å². The third-order valence-corrected chi connectivity index (χ3v) is 2.02. The molecule has 0 aliphatic carbocycles. The molecule has 0 unspecified atom stereocenters. The van der Waals surface area contributed by atoms with E-state index in [0.717, 1.165) is 6.07 Å². The summed E-state index contributed by atoms with van der Waals surface area (Å²) in [4.78, 5) is 11.4. The molecule has 0 saturated carbocycles. The van der Waals surface area contributed by atoms with E-state index in [1.807, 2.05) is 0 Å². The predicted molar refractivity (Wildman–Crippen MR) is 54.4 cm³/mol. The Balaban J connectivity index is 0.00000144. The van der Waals surface area contributed by atoms with Gasteiger partial charge in [0.05, 0.1) is 5.95 Å². The Hall–Kier alpha value is -1.01. The molecule has 0 radical (unpaired) electrons. The largest absolute Gasteiger partial charge is 1.00 e. The number of hydrogen-bond donors (Lipinski definition) is 0. The van der Waals surface area contributed by atoms with E-state index in [2.05, 4.69) is 0 Å². The van der Waals surface area contributed by atoms with Crippen LogP contribution in [0.2, 0.25) is 0 Å². The smallest absolute Gasteiger partial charge is 0.578 e. The van der Waals surface area contributed by atoms with Crippen molar-refractivity contribution in [3.05, 3.63) is 34.5 Å². The maximum absolute atomic E-state index is 11.4. The Bertz CT molecular complexity index is 563. The van der Waals surface area contributed by atoms with Gasteiger partial charge in [-0.1, -0.05) is 0 Å². The average molecular weight is 244 g/mol. The van der Waals surface area contributed by atoms with Crippen LogP contribution in [0.3, 0.4) is 0 Å². The Morgan fingerprint density at radius 2 is 2.12 bits per heavy atom. The minimum Gasteiger partial charge on any atom is -0.578 e. The zero-order chi connectivity index (χ0) is 11.5. The van der Waals surface area contributed by atoms with Crippen LogP contribution in [-0.2, 0) is 4.74 Å². The van der Waals surface area contributed by atoms with E-state index < -0.39 is 5.95 Å². The summed E-state index contributed by atoms with van der Waals surface area (Å²) in [5.41, 5.74) is -0.143. The summed E-state index contributed by atoms with van der Waals surface area (Å²) in [6.45, 7) is 0.0901. The molecule has 17 heavy (non-hydrogen) atoms. The van der Waals surface area contributed by atoms with E-state index in [1.165, 1.54) is 13.2 Å². The van der Waals surface area contributed by atoms with Crippen molar-refractivity contribution in [3.8, 4) is 11.7 Å². The third kappa shape index (κ3) is 3.23. The van der Waals surface area contributed by atoms with E-state index in [1.54, 1.807) is 12.1 Å². The van der Waals surface area contributed by atoms with Gasteiger partial charge in [0.25, 0.3) is 0 Å². The monoisotopic (exact) mass is 244 g/mol. The molecule has 6 heteroatoms. The molecule has 0 fully saturated rings. The molecule has 0 bridgehead atoms. The van der Waals surface area contributed by atoms with Crippen molar-refractivity contribution in [1.82, 2.24) is 0 Å². The summed E-state index contributed by atoms with van der Waals surface area (Å²) in [5, 5.41) is 11.3. The Morgan fingerprint density at radius 3 is 2.82 bits per heavy atom. The summed E-state index contributed by atoms with van der Waals surface area (Å²) in [6.07, 6.45) is 0. The van der Waals surface area contributed by atoms with E-state index in [9.17, 15) is 9.90 Å². The fourth-order valence-electron chi connectivity index (χ4n) is 1.33. The van der Waals surface area contributed by atoms with Crippen molar-refractivity contribution in [1.29, 1.82) is 0 Å². The molecular formula is C11H9NaO5. The van der Waals surface area contributed by atoms with Crippen LogP contribution in [0.25, 0.3) is 11.0 Å². The van der Waals surface area contributed by atoms with Gasteiger partial charge in [0, 0.05) is 24.1 Å². The van der Waals surface area contributed by atoms with Crippen molar-refractivity contribution in [2.45, 2.75) is 0 Å². The van der Waals surface area contributed by atoms with Gasteiger partial charge in [-0.3, -0.25) is 4.79 Å². The topological polar surface area (TPSA) is 71.7 Å². The third-order valence-electron chi connectivity index (χ3n) is 2.02. The predicted octanol–water partition coefficient (Wildman–Crippen LogP) is -2.15. The van der Waals surface area contributed by atoms with Crippen molar-refractivity contribution < 1.29 is 48.6 Å². The number of ether oxygens (including phenoxy) is 2. The van der Waals surface area contributed by atoms with Crippen LogP contribution in [0.4, 0.5) is 0 Å². The second kappa shape index (κ2) is 6.07. The van der Waals surface area contributed by atoms with Crippen molar-refractivity contribution in [2.24, 2.45) is 0 Å². The number of rotatable bonds is 3. The van der Waals surface area contributed by atoms with E-state index >= 15 is 0 Å². The summed E-state index contributed by atoms with van der Waals surface area (Å²) < 4.78 is 14.8. The molecular weight excluding hydrogens is 235 g/mol. The number of hydrogen-bond acceptors (Lipinski definition) is 5.